The van der Waals surface area contributed by atoms with E-state index in [4.69, 9.17) is 0 Å². The van der Waals surface area contributed by atoms with E-state index in [1.807, 2.05) is 44.3 Å². The number of carbonyl (C=O) groups excluding carboxylic acids is 1. The first-order chi connectivity index (χ1) is 11.7. The molecule has 2 rings (SSSR count). The molecular weight excluding hydrogens is 433 g/mol. The highest BCUT2D eigenvalue weighted by molar-refractivity contribution is 14.0. The summed E-state index contributed by atoms with van der Waals surface area (Å²) in [6.07, 6.45) is 1.49. The second-order valence-corrected chi connectivity index (χ2v) is 5.11. The van der Waals surface area contributed by atoms with Crippen molar-refractivity contribution in [2.75, 3.05) is 13.1 Å². The van der Waals surface area contributed by atoms with Crippen molar-refractivity contribution in [3.63, 3.8) is 0 Å². The minimum Gasteiger partial charge on any atom is -0.357 e. The minimum absolute atomic E-state index is 0. The number of rotatable bonds is 7. The van der Waals surface area contributed by atoms with Gasteiger partial charge >= 0.3 is 0 Å². The first kappa shape index (κ1) is 20.9. The lowest BCUT2D eigenvalue weighted by molar-refractivity contribution is -0.120. The summed E-state index contributed by atoms with van der Waals surface area (Å²) >= 11 is 0. The van der Waals surface area contributed by atoms with Gasteiger partial charge in [0, 0.05) is 20.1 Å². The highest BCUT2D eigenvalue weighted by Crippen LogP contribution is 1.96. The van der Waals surface area contributed by atoms with Crippen molar-refractivity contribution in [3.05, 3.63) is 48.0 Å². The molecule has 1 aromatic carbocycles. The van der Waals surface area contributed by atoms with Gasteiger partial charge in [-0.2, -0.15) is 5.10 Å². The van der Waals surface area contributed by atoms with Crippen molar-refractivity contribution in [2.45, 2.75) is 20.0 Å². The van der Waals surface area contributed by atoms with Gasteiger partial charge in [0.2, 0.25) is 5.91 Å². The Morgan fingerprint density at radius 2 is 1.96 bits per heavy atom. The molecule has 3 N–H and O–H groups in total. The summed E-state index contributed by atoms with van der Waals surface area (Å²) in [5.74, 6) is 1.22. The maximum absolute atomic E-state index is 11.9. The largest absolute Gasteiger partial charge is 0.357 e. The molecule has 0 bridgehead atoms. The molecule has 9 heteroatoms. The first-order valence-electron chi connectivity index (χ1n) is 7.84. The molecule has 2 aromatic rings. The maximum atomic E-state index is 11.9. The Labute approximate surface area is 164 Å². The monoisotopic (exact) mass is 457 g/mol. The second-order valence-electron chi connectivity index (χ2n) is 5.11. The first-order valence-corrected chi connectivity index (χ1v) is 7.84. The summed E-state index contributed by atoms with van der Waals surface area (Å²) in [6, 6.07) is 9.79. The molecule has 0 fully saturated rings. The fourth-order valence-electron chi connectivity index (χ4n) is 1.98. The summed E-state index contributed by atoms with van der Waals surface area (Å²) in [4.78, 5) is 20.4. The topological polar surface area (TPSA) is 96.2 Å². The Hall–Kier alpha value is -2.17. The van der Waals surface area contributed by atoms with Crippen LogP contribution < -0.4 is 16.0 Å². The SMILES string of the molecule is CCNC(=NCc1ncnn1C)NCC(=O)NCc1ccccc1.I. The van der Waals surface area contributed by atoms with Crippen LogP contribution >= 0.6 is 24.0 Å². The van der Waals surface area contributed by atoms with Gasteiger partial charge in [-0.3, -0.25) is 9.48 Å². The molecule has 1 aromatic heterocycles. The Bertz CT molecular complexity index is 672. The van der Waals surface area contributed by atoms with E-state index in [0.717, 1.165) is 11.4 Å². The van der Waals surface area contributed by atoms with E-state index in [2.05, 4.69) is 31.0 Å². The summed E-state index contributed by atoms with van der Waals surface area (Å²) in [5, 5.41) is 13.0. The summed E-state index contributed by atoms with van der Waals surface area (Å²) in [5.41, 5.74) is 1.06. The van der Waals surface area contributed by atoms with Gasteiger partial charge in [-0.1, -0.05) is 30.3 Å². The fraction of sp³-hybridized carbons (Fsp3) is 0.375. The third-order valence-corrected chi connectivity index (χ3v) is 3.28. The van der Waals surface area contributed by atoms with Crippen molar-refractivity contribution in [3.8, 4) is 0 Å². The summed E-state index contributed by atoms with van der Waals surface area (Å²) in [6.45, 7) is 3.72. The highest BCUT2D eigenvalue weighted by Gasteiger charge is 2.05. The lowest BCUT2D eigenvalue weighted by atomic mass is 10.2. The Kier molecular flexibility index (Phi) is 9.51. The normalized spacial score (nSPS) is 10.7. The molecule has 0 spiro atoms. The number of halogens is 1. The van der Waals surface area contributed by atoms with Crippen LogP contribution in [-0.2, 0) is 24.9 Å². The van der Waals surface area contributed by atoms with Crippen molar-refractivity contribution in [2.24, 2.45) is 12.0 Å². The van der Waals surface area contributed by atoms with Gasteiger partial charge in [-0.05, 0) is 12.5 Å². The molecule has 0 aliphatic carbocycles. The van der Waals surface area contributed by atoms with E-state index >= 15 is 0 Å². The predicted molar refractivity (Wildman–Crippen MR) is 108 cm³/mol. The molecule has 0 saturated carbocycles. The minimum atomic E-state index is -0.0943. The number of benzene rings is 1. The molecule has 0 unspecified atom stereocenters. The zero-order chi connectivity index (χ0) is 17.2. The zero-order valence-electron chi connectivity index (χ0n) is 14.4. The van der Waals surface area contributed by atoms with Gasteiger partial charge in [0.25, 0.3) is 0 Å². The Morgan fingerprint density at radius 1 is 1.20 bits per heavy atom. The van der Waals surface area contributed by atoms with Gasteiger partial charge in [0.1, 0.15) is 18.7 Å². The number of aryl methyl sites for hydroxylation is 1. The molecule has 8 nitrogen and oxygen atoms in total. The zero-order valence-corrected chi connectivity index (χ0v) is 16.7. The smallest absolute Gasteiger partial charge is 0.239 e. The van der Waals surface area contributed by atoms with Crippen LogP contribution in [0.4, 0.5) is 0 Å². The van der Waals surface area contributed by atoms with Crippen molar-refractivity contribution in [1.82, 2.24) is 30.7 Å². The van der Waals surface area contributed by atoms with Gasteiger partial charge < -0.3 is 16.0 Å². The molecule has 0 saturated heterocycles. The molecule has 0 aliphatic rings. The van der Waals surface area contributed by atoms with Gasteiger partial charge in [-0.25, -0.2) is 9.98 Å². The van der Waals surface area contributed by atoms with Gasteiger partial charge in [-0.15, -0.1) is 24.0 Å². The highest BCUT2D eigenvalue weighted by atomic mass is 127. The molecule has 0 atom stereocenters. The number of guanidine groups is 1. The van der Waals surface area contributed by atoms with E-state index < -0.39 is 0 Å². The number of nitrogens with one attached hydrogen (secondary N) is 3. The van der Waals surface area contributed by atoms with Crippen molar-refractivity contribution < 1.29 is 4.79 Å². The second kappa shape index (κ2) is 11.4. The van der Waals surface area contributed by atoms with Crippen LogP contribution in [0.3, 0.4) is 0 Å². The van der Waals surface area contributed by atoms with Crippen LogP contribution in [0.2, 0.25) is 0 Å². The molecular formula is C16H24IN7O. The average molecular weight is 457 g/mol. The average Bonchev–Trinajstić information content (AvgIpc) is 3.01. The predicted octanol–water partition coefficient (Wildman–Crippen LogP) is 0.805. The maximum Gasteiger partial charge on any atom is 0.239 e. The van der Waals surface area contributed by atoms with Crippen LogP contribution in [0, 0.1) is 0 Å². The number of nitrogens with zero attached hydrogens (tertiary/aromatic N) is 4. The fourth-order valence-corrected chi connectivity index (χ4v) is 1.98. The van der Waals surface area contributed by atoms with Crippen LogP contribution in [0.5, 0.6) is 0 Å². The Balaban J connectivity index is 0.00000312. The summed E-state index contributed by atoms with van der Waals surface area (Å²) < 4.78 is 1.67. The molecule has 136 valence electrons. The third-order valence-electron chi connectivity index (χ3n) is 3.28. The van der Waals surface area contributed by atoms with Gasteiger partial charge in [0.05, 0.1) is 6.54 Å². The van der Waals surface area contributed by atoms with Crippen LogP contribution in [0.25, 0.3) is 0 Å². The summed E-state index contributed by atoms with van der Waals surface area (Å²) in [7, 11) is 1.81. The van der Waals surface area contributed by atoms with Gasteiger partial charge in [0.15, 0.2) is 5.96 Å². The lowest BCUT2D eigenvalue weighted by Crippen LogP contribution is -2.43. The number of aromatic nitrogens is 3. The number of amides is 1. The lowest BCUT2D eigenvalue weighted by Gasteiger charge is -2.11. The molecule has 0 radical (unpaired) electrons. The molecule has 1 heterocycles. The molecule has 25 heavy (non-hydrogen) atoms. The van der Waals surface area contributed by atoms with E-state index in [1.165, 1.54) is 6.33 Å². The van der Waals surface area contributed by atoms with E-state index in [9.17, 15) is 4.79 Å². The van der Waals surface area contributed by atoms with Crippen molar-refractivity contribution in [1.29, 1.82) is 0 Å². The number of hydrogen-bond donors (Lipinski definition) is 3. The standard InChI is InChI=1S/C16H23N7O.HI/c1-3-17-16(19-10-14-21-12-22-23(14)2)20-11-15(24)18-9-13-7-5-4-6-8-13;/h4-8,12H,3,9-11H2,1-2H3,(H,18,24)(H2,17,19,20);1H. The number of hydrogen-bond acceptors (Lipinski definition) is 4. The molecule has 0 aliphatic heterocycles. The van der Waals surface area contributed by atoms with Crippen LogP contribution in [0.1, 0.15) is 18.3 Å². The van der Waals surface area contributed by atoms with E-state index in [-0.39, 0.29) is 36.4 Å². The third kappa shape index (κ3) is 7.50. The van der Waals surface area contributed by atoms with E-state index in [1.54, 1.807) is 4.68 Å². The quantitative estimate of drug-likeness (QED) is 0.325. The molecule has 1 amide bonds. The number of carbonyl (C=O) groups is 1. The number of aliphatic imine (C=N–C) groups is 1. The van der Waals surface area contributed by atoms with Crippen LogP contribution in [-0.4, -0.2) is 39.7 Å². The van der Waals surface area contributed by atoms with E-state index in [0.29, 0.717) is 25.6 Å². The Morgan fingerprint density at radius 3 is 2.60 bits per heavy atom. The van der Waals surface area contributed by atoms with Crippen LogP contribution in [0.15, 0.2) is 41.7 Å². The van der Waals surface area contributed by atoms with Crippen molar-refractivity contribution >= 4 is 35.8 Å².